The first kappa shape index (κ1) is 29.4. The van der Waals surface area contributed by atoms with Crippen molar-refractivity contribution in [3.8, 4) is 34.5 Å². The number of rotatable bonds is 10. The van der Waals surface area contributed by atoms with E-state index in [1.807, 2.05) is 0 Å². The molecule has 0 saturated carbocycles. The molecule has 2 rings (SSSR count). The van der Waals surface area contributed by atoms with Crippen LogP contribution in [0.2, 0.25) is 0 Å². The molecular weight excluding hydrogens is 500 g/mol. The molecule has 0 N–H and O–H groups in total. The SMILES string of the molecule is C=Cc1c(OC)cc(OC)cc1OC.COc1cc(OC)c(C=CS(=O)(=O)C=S(=O)=O)c(OC)c1. The van der Waals surface area contributed by atoms with E-state index in [-0.39, 0.29) is 4.70 Å². The third kappa shape index (κ3) is 8.58. The van der Waals surface area contributed by atoms with Gasteiger partial charge in [0.15, 0.2) is 4.70 Å². The van der Waals surface area contributed by atoms with Crippen molar-refractivity contribution in [2.75, 3.05) is 42.7 Å². The normalized spacial score (nSPS) is 10.5. The summed E-state index contributed by atoms with van der Waals surface area (Å²) >= 11 is 0. The van der Waals surface area contributed by atoms with Crippen LogP contribution in [0, 0.1) is 0 Å². The molecule has 0 spiro atoms. The van der Waals surface area contributed by atoms with Gasteiger partial charge >= 0.3 is 0 Å². The summed E-state index contributed by atoms with van der Waals surface area (Å²) in [6.45, 7) is 3.70. The van der Waals surface area contributed by atoms with Crippen molar-refractivity contribution in [3.63, 3.8) is 0 Å². The van der Waals surface area contributed by atoms with E-state index in [2.05, 4.69) is 6.58 Å². The van der Waals surface area contributed by atoms with Crippen LogP contribution in [-0.4, -0.2) is 64.2 Å². The second-order valence-corrected chi connectivity index (χ2v) is 9.08. The average Bonchev–Trinajstić information content (AvgIpc) is 2.85. The summed E-state index contributed by atoms with van der Waals surface area (Å²) in [6.07, 6.45) is 2.88. The first-order valence-corrected chi connectivity index (χ1v) is 12.4. The topological polar surface area (TPSA) is 124 Å². The maximum absolute atomic E-state index is 11.5. The van der Waals surface area contributed by atoms with Crippen LogP contribution < -0.4 is 28.4 Å². The highest BCUT2D eigenvalue weighted by atomic mass is 32.2. The Hall–Kier alpha value is -3.64. The second kappa shape index (κ2) is 13.9. The largest absolute Gasteiger partial charge is 0.496 e. The Morgan fingerprint density at radius 2 is 1.06 bits per heavy atom. The number of hydrogen-bond acceptors (Lipinski definition) is 10. The van der Waals surface area contributed by atoms with Gasteiger partial charge < -0.3 is 28.4 Å². The van der Waals surface area contributed by atoms with E-state index in [0.717, 1.165) is 11.0 Å². The van der Waals surface area contributed by atoms with E-state index in [1.54, 1.807) is 51.7 Å². The van der Waals surface area contributed by atoms with Crippen LogP contribution in [0.25, 0.3) is 12.2 Å². The van der Waals surface area contributed by atoms with E-state index in [9.17, 15) is 16.8 Å². The zero-order chi connectivity index (χ0) is 26.6. The first-order chi connectivity index (χ1) is 16.6. The molecule has 0 aromatic heterocycles. The van der Waals surface area contributed by atoms with Crippen LogP contribution in [0.1, 0.15) is 11.1 Å². The molecule has 2 aromatic rings. The Bertz CT molecular complexity index is 1240. The van der Waals surface area contributed by atoms with Crippen LogP contribution in [0.15, 0.2) is 36.3 Å². The molecule has 0 aliphatic rings. The summed E-state index contributed by atoms with van der Waals surface area (Å²) in [5.41, 5.74) is 1.17. The summed E-state index contributed by atoms with van der Waals surface area (Å²) < 4.78 is 74.9. The molecule has 192 valence electrons. The lowest BCUT2D eigenvalue weighted by Gasteiger charge is -2.12. The van der Waals surface area contributed by atoms with Crippen LogP contribution in [0.3, 0.4) is 0 Å². The predicted octanol–water partition coefficient (Wildman–Crippen LogP) is 3.09. The Balaban J connectivity index is 0.000000379. The minimum Gasteiger partial charge on any atom is -0.496 e. The van der Waals surface area contributed by atoms with E-state index >= 15 is 0 Å². The van der Waals surface area contributed by atoms with Gasteiger partial charge in [-0.1, -0.05) is 12.7 Å². The van der Waals surface area contributed by atoms with Crippen molar-refractivity contribution >= 4 is 37.0 Å². The van der Waals surface area contributed by atoms with Gasteiger partial charge in [-0.25, -0.2) is 8.42 Å². The molecule has 0 aliphatic heterocycles. The third-order valence-electron chi connectivity index (χ3n) is 4.35. The van der Waals surface area contributed by atoms with Crippen LogP contribution >= 0.6 is 0 Å². The molecule has 0 aliphatic carbocycles. The van der Waals surface area contributed by atoms with Gasteiger partial charge in [0.25, 0.3) is 0 Å². The van der Waals surface area contributed by atoms with Crippen molar-refractivity contribution in [2.45, 2.75) is 0 Å². The summed E-state index contributed by atoms with van der Waals surface area (Å²) in [6, 6.07) is 6.67. The lowest BCUT2D eigenvalue weighted by Crippen LogP contribution is -1.98. The molecule has 0 bridgehead atoms. The Kier molecular flexibility index (Phi) is 11.7. The van der Waals surface area contributed by atoms with Crippen LogP contribution in [0.5, 0.6) is 34.5 Å². The van der Waals surface area contributed by atoms with Gasteiger partial charge in [-0.15, -0.1) is 0 Å². The number of ether oxygens (including phenoxy) is 6. The minimum atomic E-state index is -4.01. The fourth-order valence-corrected chi connectivity index (χ4v) is 4.19. The molecular formula is C23H28O10S2. The van der Waals surface area contributed by atoms with Crippen molar-refractivity contribution < 1.29 is 45.3 Å². The van der Waals surface area contributed by atoms with Gasteiger partial charge in [0.1, 0.15) is 34.5 Å². The summed E-state index contributed by atoms with van der Waals surface area (Å²) in [5, 5.41) is 0.746. The maximum Gasteiger partial charge on any atom is 0.226 e. The van der Waals surface area contributed by atoms with Crippen molar-refractivity contribution in [2.24, 2.45) is 0 Å². The summed E-state index contributed by atoms with van der Waals surface area (Å²) in [4.78, 5) is 0. The van der Waals surface area contributed by atoms with Crippen molar-refractivity contribution in [3.05, 3.63) is 47.4 Å². The van der Waals surface area contributed by atoms with Gasteiger partial charge in [0.05, 0.1) is 53.8 Å². The van der Waals surface area contributed by atoms with E-state index in [0.29, 0.717) is 40.1 Å². The van der Waals surface area contributed by atoms with Gasteiger partial charge in [-0.05, 0) is 6.08 Å². The fraction of sp³-hybridized carbons (Fsp3) is 0.261. The number of benzene rings is 2. The molecule has 10 nitrogen and oxygen atoms in total. The monoisotopic (exact) mass is 528 g/mol. The van der Waals surface area contributed by atoms with Gasteiger partial charge in [0.2, 0.25) is 20.1 Å². The molecule has 0 atom stereocenters. The lowest BCUT2D eigenvalue weighted by molar-refractivity contribution is 0.374. The Labute approximate surface area is 206 Å². The molecule has 0 heterocycles. The van der Waals surface area contributed by atoms with E-state index in [1.165, 1.54) is 27.4 Å². The lowest BCUT2D eigenvalue weighted by atomic mass is 10.1. The van der Waals surface area contributed by atoms with Crippen molar-refractivity contribution in [1.82, 2.24) is 0 Å². The highest BCUT2D eigenvalue weighted by molar-refractivity contribution is 8.15. The zero-order valence-electron chi connectivity index (χ0n) is 20.2. The van der Waals surface area contributed by atoms with E-state index in [4.69, 9.17) is 28.4 Å². The Morgan fingerprint density at radius 3 is 1.34 bits per heavy atom. The molecule has 0 amide bonds. The summed E-state index contributed by atoms with van der Waals surface area (Å²) in [7, 11) is 2.25. The molecule has 35 heavy (non-hydrogen) atoms. The molecule has 0 radical (unpaired) electrons. The predicted molar refractivity (Wildman–Crippen MR) is 135 cm³/mol. The maximum atomic E-state index is 11.5. The second-order valence-electron chi connectivity index (χ2n) is 6.34. The molecule has 2 aromatic carbocycles. The zero-order valence-corrected chi connectivity index (χ0v) is 21.9. The molecule has 0 unspecified atom stereocenters. The van der Waals surface area contributed by atoms with Gasteiger partial charge in [-0.2, -0.15) is 8.42 Å². The minimum absolute atomic E-state index is 0.200. The third-order valence-corrected chi connectivity index (χ3v) is 6.56. The molecule has 12 heteroatoms. The van der Waals surface area contributed by atoms with Crippen LogP contribution in [-0.2, 0) is 20.1 Å². The summed E-state index contributed by atoms with van der Waals surface area (Å²) in [5.74, 6) is 3.19. The number of sulfone groups is 1. The smallest absolute Gasteiger partial charge is 0.226 e. The fourth-order valence-electron chi connectivity index (χ4n) is 2.74. The quantitative estimate of drug-likeness (QED) is 0.425. The Morgan fingerprint density at radius 1 is 0.686 bits per heavy atom. The van der Waals surface area contributed by atoms with Crippen LogP contribution in [0.4, 0.5) is 0 Å². The van der Waals surface area contributed by atoms with E-state index < -0.39 is 20.1 Å². The van der Waals surface area contributed by atoms with Gasteiger partial charge in [-0.3, -0.25) is 0 Å². The molecule has 0 fully saturated rings. The highest BCUT2D eigenvalue weighted by Gasteiger charge is 2.12. The number of methoxy groups -OCH3 is 6. The van der Waals surface area contributed by atoms with Gasteiger partial charge in [0, 0.05) is 29.7 Å². The highest BCUT2D eigenvalue weighted by Crippen LogP contribution is 2.35. The first-order valence-electron chi connectivity index (χ1n) is 9.68. The average molecular weight is 529 g/mol. The van der Waals surface area contributed by atoms with Crippen molar-refractivity contribution in [1.29, 1.82) is 0 Å². The number of hydrogen-bond donors (Lipinski definition) is 0. The molecule has 0 saturated heterocycles. The standard InChI is InChI=1S/C12H14O7S2.C11H14O3/c1-17-9-6-11(18-2)10(12(7-9)19-3)4-5-21(15,16)8-20(13)14;1-5-9-10(13-3)6-8(12-2)7-11(9)14-4/h4-8H,1-3H3;5-7H,1H2,2-4H3.